The summed E-state index contributed by atoms with van der Waals surface area (Å²) in [7, 11) is 1.64. The summed E-state index contributed by atoms with van der Waals surface area (Å²) in [4.78, 5) is 12.1. The number of esters is 1. The molecule has 1 aromatic heterocycles. The fraction of sp³-hybridized carbons (Fsp3) is 0.143. The van der Waals surface area contributed by atoms with E-state index in [1.54, 1.807) is 19.2 Å². The Morgan fingerprint density at radius 2 is 1.82 bits per heavy atom. The number of hydrogen-bond acceptors (Lipinski definition) is 4. The Labute approximate surface area is 196 Å². The van der Waals surface area contributed by atoms with Crippen molar-refractivity contribution in [3.05, 3.63) is 102 Å². The molecule has 4 aromatic rings. The number of benzene rings is 3. The predicted octanol–water partition coefficient (Wildman–Crippen LogP) is 6.17. The summed E-state index contributed by atoms with van der Waals surface area (Å²) in [5.41, 5.74) is 5.22. The van der Waals surface area contributed by atoms with Crippen LogP contribution < -0.4 is 9.47 Å². The molecule has 1 heterocycles. The molecule has 0 amide bonds. The maximum atomic E-state index is 14.4. The number of ether oxygens (including phenoxy) is 2. The van der Waals surface area contributed by atoms with Gasteiger partial charge in [-0.15, -0.1) is 5.10 Å². The minimum Gasteiger partial charge on any atom is -0.497 e. The van der Waals surface area contributed by atoms with Gasteiger partial charge in [0.2, 0.25) is 5.95 Å². The first-order valence-electron chi connectivity index (χ1n) is 11.0. The van der Waals surface area contributed by atoms with Crippen LogP contribution in [0.5, 0.6) is 11.5 Å². The number of nitrogens with zero attached hydrogens (tertiary/aromatic N) is 1. The van der Waals surface area contributed by atoms with Crippen LogP contribution in [0.4, 0.5) is 4.39 Å². The number of halogens is 1. The van der Waals surface area contributed by atoms with Crippen molar-refractivity contribution in [2.75, 3.05) is 7.11 Å². The van der Waals surface area contributed by atoms with E-state index in [9.17, 15) is 9.18 Å². The fourth-order valence-electron chi connectivity index (χ4n) is 4.23. The second-order valence-electron chi connectivity index (χ2n) is 8.19. The van der Waals surface area contributed by atoms with Crippen molar-refractivity contribution >= 4 is 28.0 Å². The molecule has 1 saturated carbocycles. The largest absolute Gasteiger partial charge is 0.497 e. The van der Waals surface area contributed by atoms with Gasteiger partial charge in [0, 0.05) is 11.6 Å². The maximum absolute atomic E-state index is 14.4. The van der Waals surface area contributed by atoms with Gasteiger partial charge in [-0.3, -0.25) is 5.10 Å². The molecular formula is C28H23FN2O3. The Bertz CT molecular complexity index is 1420. The fourth-order valence-corrected chi connectivity index (χ4v) is 4.23. The lowest BCUT2D eigenvalue weighted by Gasteiger charge is -2.19. The maximum Gasteiger partial charge on any atom is 0.335 e. The van der Waals surface area contributed by atoms with Crippen molar-refractivity contribution in [1.82, 2.24) is 10.2 Å². The highest BCUT2D eigenvalue weighted by molar-refractivity contribution is 6.03. The first-order valence-corrected chi connectivity index (χ1v) is 11.0. The molecule has 34 heavy (non-hydrogen) atoms. The zero-order valence-corrected chi connectivity index (χ0v) is 18.7. The second-order valence-corrected chi connectivity index (χ2v) is 8.19. The molecular weight excluding hydrogens is 431 g/mol. The van der Waals surface area contributed by atoms with E-state index in [1.807, 2.05) is 54.6 Å². The summed E-state index contributed by atoms with van der Waals surface area (Å²) in [6.45, 7) is 3.51. The number of nitrogens with one attached hydrogen (secondary N) is 1. The lowest BCUT2D eigenvalue weighted by molar-refractivity contribution is -0.128. The van der Waals surface area contributed by atoms with E-state index in [0.717, 1.165) is 52.5 Å². The molecule has 1 N–H and O–H groups in total. The van der Waals surface area contributed by atoms with Gasteiger partial charge in [0.25, 0.3) is 0 Å². The summed E-state index contributed by atoms with van der Waals surface area (Å²) in [6.07, 6.45) is 3.22. The normalized spacial score (nSPS) is 13.9. The summed E-state index contributed by atoms with van der Waals surface area (Å²) < 4.78 is 25.4. The van der Waals surface area contributed by atoms with Crippen LogP contribution in [0.2, 0.25) is 0 Å². The molecule has 0 radical (unpaired) electrons. The third-order valence-corrected chi connectivity index (χ3v) is 5.99. The zero-order chi connectivity index (χ0) is 23.7. The second kappa shape index (κ2) is 8.98. The number of aromatic amines is 1. The monoisotopic (exact) mass is 454 g/mol. The molecule has 6 heteroatoms. The molecule has 0 atom stereocenters. The number of allylic oxidation sites excluding steroid dienone is 1. The Morgan fingerprint density at radius 1 is 1.09 bits per heavy atom. The number of fused-ring (bicyclic) bond motifs is 1. The Balaban J connectivity index is 1.80. The minimum absolute atomic E-state index is 0.330. The summed E-state index contributed by atoms with van der Waals surface area (Å²) in [5.74, 6) is 0.418. The molecule has 3 aromatic carbocycles. The van der Waals surface area contributed by atoms with Crippen molar-refractivity contribution in [3.63, 3.8) is 0 Å². The number of carbonyl (C=O) groups excluding carboxylic acids is 1. The van der Waals surface area contributed by atoms with Crippen molar-refractivity contribution in [2.24, 2.45) is 5.92 Å². The summed E-state index contributed by atoms with van der Waals surface area (Å²) in [5, 5.41) is 6.82. The highest BCUT2D eigenvalue weighted by atomic mass is 19.1. The predicted molar refractivity (Wildman–Crippen MR) is 130 cm³/mol. The minimum atomic E-state index is -0.556. The molecule has 0 aliphatic heterocycles. The van der Waals surface area contributed by atoms with E-state index >= 15 is 0 Å². The number of H-pyrrole nitrogens is 1. The third-order valence-electron chi connectivity index (χ3n) is 5.99. The molecule has 1 aliphatic rings. The Hall–Kier alpha value is -4.19. The quantitative estimate of drug-likeness (QED) is 0.157. The van der Waals surface area contributed by atoms with E-state index in [0.29, 0.717) is 22.6 Å². The van der Waals surface area contributed by atoms with Crippen LogP contribution in [-0.4, -0.2) is 23.3 Å². The molecule has 170 valence electrons. The van der Waals surface area contributed by atoms with E-state index in [4.69, 9.17) is 9.47 Å². The molecule has 0 saturated heterocycles. The highest BCUT2D eigenvalue weighted by Gasteiger charge is 2.31. The van der Waals surface area contributed by atoms with Gasteiger partial charge >= 0.3 is 5.97 Å². The van der Waals surface area contributed by atoms with Crippen LogP contribution in [0.1, 0.15) is 29.5 Å². The summed E-state index contributed by atoms with van der Waals surface area (Å²) in [6, 6.07) is 20.9. The van der Waals surface area contributed by atoms with Gasteiger partial charge in [0.05, 0.1) is 18.0 Å². The van der Waals surface area contributed by atoms with Gasteiger partial charge in [-0.25, -0.2) is 4.79 Å². The molecule has 0 spiro atoms. The van der Waals surface area contributed by atoms with E-state index in [1.165, 1.54) is 0 Å². The number of rotatable bonds is 7. The average Bonchev–Trinajstić information content (AvgIpc) is 3.65. The number of carbonyl (C=O) groups is 1. The molecule has 0 unspecified atom stereocenters. The molecule has 1 aliphatic carbocycles. The Kier molecular flexibility index (Phi) is 5.72. The van der Waals surface area contributed by atoms with Crippen LogP contribution in [0.15, 0.2) is 79.4 Å². The van der Waals surface area contributed by atoms with Crippen molar-refractivity contribution in [1.29, 1.82) is 0 Å². The molecule has 5 nitrogen and oxygen atoms in total. The molecule has 5 rings (SSSR count). The Morgan fingerprint density at radius 3 is 2.53 bits per heavy atom. The smallest absolute Gasteiger partial charge is 0.335 e. The van der Waals surface area contributed by atoms with Gasteiger partial charge < -0.3 is 9.47 Å². The van der Waals surface area contributed by atoms with Gasteiger partial charge in [0.15, 0.2) is 0 Å². The average molecular weight is 455 g/mol. The van der Waals surface area contributed by atoms with E-state index in [2.05, 4.69) is 16.8 Å². The first-order chi connectivity index (χ1) is 16.6. The lowest BCUT2D eigenvalue weighted by Crippen LogP contribution is -2.06. The SMILES string of the molecule is C=CC(=O)Oc1ccccc1/C(=C(\c1ccc(OC)cc1)C1CC1)c1ccc2[nH]nc(F)c2c1. The van der Waals surface area contributed by atoms with Crippen LogP contribution in [0.3, 0.4) is 0 Å². The van der Waals surface area contributed by atoms with Gasteiger partial charge in [-0.2, -0.15) is 4.39 Å². The van der Waals surface area contributed by atoms with Crippen molar-refractivity contribution < 1.29 is 18.7 Å². The summed E-state index contributed by atoms with van der Waals surface area (Å²) >= 11 is 0. The van der Waals surface area contributed by atoms with Gasteiger partial charge in [-0.05, 0) is 71.4 Å². The number of para-hydroxylation sites is 1. The molecule has 0 bridgehead atoms. The topological polar surface area (TPSA) is 64.2 Å². The number of methoxy groups -OCH3 is 1. The van der Waals surface area contributed by atoms with Crippen LogP contribution in [0.25, 0.3) is 22.0 Å². The molecule has 1 fully saturated rings. The van der Waals surface area contributed by atoms with Crippen LogP contribution >= 0.6 is 0 Å². The van der Waals surface area contributed by atoms with Gasteiger partial charge in [0.1, 0.15) is 11.5 Å². The number of hydrogen-bond donors (Lipinski definition) is 1. The van der Waals surface area contributed by atoms with Crippen molar-refractivity contribution in [2.45, 2.75) is 12.8 Å². The van der Waals surface area contributed by atoms with Gasteiger partial charge in [-0.1, -0.05) is 43.0 Å². The van der Waals surface area contributed by atoms with E-state index < -0.39 is 11.9 Å². The van der Waals surface area contributed by atoms with Crippen LogP contribution in [-0.2, 0) is 4.79 Å². The zero-order valence-electron chi connectivity index (χ0n) is 18.7. The highest BCUT2D eigenvalue weighted by Crippen LogP contribution is 2.49. The lowest BCUT2D eigenvalue weighted by atomic mass is 9.86. The third kappa shape index (κ3) is 4.10. The standard InChI is InChI=1S/C28H23FN2O3/c1-3-25(32)34-24-7-5-4-6-21(24)27(19-12-15-23-22(16-19)28(29)31-30-23)26(17-8-9-17)18-10-13-20(33-2)14-11-18/h3-7,10-17H,1,8-9H2,2H3,(H,30,31)/b27-26-. The van der Waals surface area contributed by atoms with E-state index in [-0.39, 0.29) is 0 Å². The van der Waals surface area contributed by atoms with Crippen LogP contribution in [0, 0.1) is 11.9 Å². The van der Waals surface area contributed by atoms with Crippen molar-refractivity contribution in [3.8, 4) is 11.5 Å². The first kappa shape index (κ1) is 21.6. The number of aromatic nitrogens is 2.